The van der Waals surface area contributed by atoms with Crippen molar-refractivity contribution >= 4 is 21.8 Å². The van der Waals surface area contributed by atoms with Crippen LogP contribution in [0.2, 0.25) is 0 Å². The van der Waals surface area contributed by atoms with Gasteiger partial charge in [0.2, 0.25) is 0 Å². The quantitative estimate of drug-likeness (QED) is 0.910. The number of pyridine rings is 1. The van der Waals surface area contributed by atoms with Gasteiger partial charge in [-0.05, 0) is 54.2 Å². The third-order valence-corrected chi connectivity index (χ3v) is 3.83. The number of carbonyl (C=O) groups excluding carboxylic acids is 1. The van der Waals surface area contributed by atoms with Gasteiger partial charge in [-0.2, -0.15) is 0 Å². The Bertz CT molecular complexity index is 419. The van der Waals surface area contributed by atoms with Crippen molar-refractivity contribution < 1.29 is 4.79 Å². The van der Waals surface area contributed by atoms with E-state index in [9.17, 15) is 4.79 Å². The third kappa shape index (κ3) is 2.90. The Morgan fingerprint density at radius 2 is 2.33 bits per heavy atom. The van der Waals surface area contributed by atoms with Crippen molar-refractivity contribution in [1.29, 1.82) is 0 Å². The zero-order chi connectivity index (χ0) is 13.1. The number of hydrogen-bond donors (Lipinski definition) is 1. The lowest BCUT2D eigenvalue weighted by atomic mass is 9.96. The normalized spacial score (nSPS) is 21.7. The van der Waals surface area contributed by atoms with Crippen molar-refractivity contribution in [2.24, 2.45) is 5.73 Å². The van der Waals surface area contributed by atoms with Crippen LogP contribution in [0.5, 0.6) is 0 Å². The molecule has 0 bridgehead atoms. The van der Waals surface area contributed by atoms with Gasteiger partial charge in [-0.3, -0.25) is 4.79 Å². The Morgan fingerprint density at radius 1 is 1.56 bits per heavy atom. The van der Waals surface area contributed by atoms with Crippen LogP contribution in [-0.4, -0.2) is 34.4 Å². The zero-order valence-electron chi connectivity index (χ0n) is 10.5. The van der Waals surface area contributed by atoms with E-state index in [0.717, 1.165) is 30.3 Å². The lowest BCUT2D eigenvalue weighted by Crippen LogP contribution is -2.51. The lowest BCUT2D eigenvalue weighted by molar-refractivity contribution is 0.0577. The van der Waals surface area contributed by atoms with Gasteiger partial charge in [0, 0.05) is 29.3 Å². The van der Waals surface area contributed by atoms with Gasteiger partial charge in [0.1, 0.15) is 5.69 Å². The Morgan fingerprint density at radius 3 is 2.94 bits per heavy atom. The molecule has 0 aromatic carbocycles. The first-order valence-electron chi connectivity index (χ1n) is 6.27. The van der Waals surface area contributed by atoms with Gasteiger partial charge >= 0.3 is 0 Å². The molecule has 1 aromatic rings. The first kappa shape index (κ1) is 13.5. The van der Waals surface area contributed by atoms with Crippen molar-refractivity contribution in [2.75, 3.05) is 6.54 Å². The second kappa shape index (κ2) is 5.80. The van der Waals surface area contributed by atoms with Crippen molar-refractivity contribution in [3.63, 3.8) is 0 Å². The SMILES string of the molecule is CC(N)C1CCCCN1C(=O)c1ccc(Br)cn1. The predicted molar refractivity (Wildman–Crippen MR) is 74.3 cm³/mol. The summed E-state index contributed by atoms with van der Waals surface area (Å²) in [6.07, 6.45) is 4.83. The molecule has 1 aliphatic rings. The van der Waals surface area contributed by atoms with E-state index < -0.39 is 0 Å². The Kier molecular flexibility index (Phi) is 4.35. The fraction of sp³-hybridized carbons (Fsp3) is 0.538. The average Bonchev–Trinajstić information content (AvgIpc) is 2.39. The molecule has 2 atom stereocenters. The monoisotopic (exact) mass is 311 g/mol. The fourth-order valence-electron chi connectivity index (χ4n) is 2.41. The highest BCUT2D eigenvalue weighted by molar-refractivity contribution is 9.10. The molecule has 1 fully saturated rings. The molecule has 18 heavy (non-hydrogen) atoms. The van der Waals surface area contributed by atoms with Crippen molar-refractivity contribution in [3.8, 4) is 0 Å². The number of hydrogen-bond acceptors (Lipinski definition) is 3. The molecule has 2 heterocycles. The fourth-order valence-corrected chi connectivity index (χ4v) is 2.64. The number of nitrogens with zero attached hydrogens (tertiary/aromatic N) is 2. The van der Waals surface area contributed by atoms with Crippen LogP contribution in [0.4, 0.5) is 0 Å². The first-order valence-corrected chi connectivity index (χ1v) is 7.07. The number of halogens is 1. The number of aromatic nitrogens is 1. The van der Waals surface area contributed by atoms with E-state index >= 15 is 0 Å². The molecule has 4 nitrogen and oxygen atoms in total. The van der Waals surface area contributed by atoms with Crippen molar-refractivity contribution in [2.45, 2.75) is 38.3 Å². The summed E-state index contributed by atoms with van der Waals surface area (Å²) in [5, 5.41) is 0. The molecule has 2 unspecified atom stereocenters. The van der Waals surface area contributed by atoms with E-state index in [4.69, 9.17) is 5.73 Å². The molecule has 98 valence electrons. The topological polar surface area (TPSA) is 59.2 Å². The second-order valence-electron chi connectivity index (χ2n) is 4.78. The van der Waals surface area contributed by atoms with Gasteiger partial charge in [-0.15, -0.1) is 0 Å². The van der Waals surface area contributed by atoms with Crippen molar-refractivity contribution in [3.05, 3.63) is 28.5 Å². The van der Waals surface area contributed by atoms with Gasteiger partial charge in [-0.25, -0.2) is 4.98 Å². The highest BCUT2D eigenvalue weighted by atomic mass is 79.9. The van der Waals surface area contributed by atoms with Crippen LogP contribution in [0.3, 0.4) is 0 Å². The number of rotatable bonds is 2. The Hall–Kier alpha value is -0.940. The van der Waals surface area contributed by atoms with E-state index in [-0.39, 0.29) is 18.0 Å². The number of likely N-dealkylation sites (tertiary alicyclic amines) is 1. The summed E-state index contributed by atoms with van der Waals surface area (Å²) in [5.41, 5.74) is 6.47. The molecule has 2 N–H and O–H groups in total. The minimum Gasteiger partial charge on any atom is -0.333 e. The summed E-state index contributed by atoms with van der Waals surface area (Å²) in [4.78, 5) is 18.5. The second-order valence-corrected chi connectivity index (χ2v) is 5.70. The van der Waals surface area contributed by atoms with Crippen LogP contribution < -0.4 is 5.73 Å². The summed E-state index contributed by atoms with van der Waals surface area (Å²) in [6.45, 7) is 2.74. The lowest BCUT2D eigenvalue weighted by Gasteiger charge is -2.37. The summed E-state index contributed by atoms with van der Waals surface area (Å²) in [5.74, 6) is -0.00972. The van der Waals surface area contributed by atoms with Crippen LogP contribution in [0.25, 0.3) is 0 Å². The minimum absolute atomic E-state index is 0.00435. The zero-order valence-corrected chi connectivity index (χ0v) is 12.1. The summed E-state index contributed by atoms with van der Waals surface area (Å²) in [6, 6.07) is 3.73. The van der Waals surface area contributed by atoms with Gasteiger partial charge in [0.15, 0.2) is 0 Å². The molecule has 0 spiro atoms. The van der Waals surface area contributed by atoms with Crippen LogP contribution in [0.1, 0.15) is 36.7 Å². The van der Waals surface area contributed by atoms with E-state index in [1.807, 2.05) is 17.9 Å². The van der Waals surface area contributed by atoms with Crippen LogP contribution in [0.15, 0.2) is 22.8 Å². The minimum atomic E-state index is -0.00972. The van der Waals surface area contributed by atoms with Crippen LogP contribution in [0, 0.1) is 0 Å². The van der Waals surface area contributed by atoms with Gasteiger partial charge < -0.3 is 10.6 Å². The molecule has 1 aromatic heterocycles. The smallest absolute Gasteiger partial charge is 0.272 e. The molecule has 1 saturated heterocycles. The molecule has 2 rings (SSSR count). The number of nitrogens with two attached hydrogens (primary N) is 1. The molecule has 1 aliphatic heterocycles. The number of amides is 1. The molecule has 0 radical (unpaired) electrons. The Balaban J connectivity index is 2.18. The number of piperidine rings is 1. The molecular weight excluding hydrogens is 294 g/mol. The number of carbonyl (C=O) groups is 1. The summed E-state index contributed by atoms with van der Waals surface area (Å²) >= 11 is 3.32. The molecule has 1 amide bonds. The maximum absolute atomic E-state index is 12.4. The molecule has 0 aliphatic carbocycles. The Labute approximate surface area is 116 Å². The third-order valence-electron chi connectivity index (χ3n) is 3.36. The summed E-state index contributed by atoms with van der Waals surface area (Å²) < 4.78 is 0.876. The van der Waals surface area contributed by atoms with E-state index in [1.165, 1.54) is 0 Å². The van der Waals surface area contributed by atoms with E-state index in [1.54, 1.807) is 12.3 Å². The maximum Gasteiger partial charge on any atom is 0.272 e. The summed E-state index contributed by atoms with van der Waals surface area (Å²) in [7, 11) is 0. The highest BCUT2D eigenvalue weighted by Crippen LogP contribution is 2.21. The predicted octanol–water partition coefficient (Wildman–Crippen LogP) is 2.19. The first-order chi connectivity index (χ1) is 8.59. The van der Waals surface area contributed by atoms with Gasteiger partial charge in [0.25, 0.3) is 5.91 Å². The van der Waals surface area contributed by atoms with E-state index in [0.29, 0.717) is 5.69 Å². The molecular formula is C13H18BrN3O. The molecule has 0 saturated carbocycles. The largest absolute Gasteiger partial charge is 0.333 e. The average molecular weight is 312 g/mol. The van der Waals surface area contributed by atoms with Crippen molar-refractivity contribution in [1.82, 2.24) is 9.88 Å². The highest BCUT2D eigenvalue weighted by Gasteiger charge is 2.30. The van der Waals surface area contributed by atoms with Crippen LogP contribution >= 0.6 is 15.9 Å². The van der Waals surface area contributed by atoms with E-state index in [2.05, 4.69) is 20.9 Å². The van der Waals surface area contributed by atoms with Crippen LogP contribution in [-0.2, 0) is 0 Å². The van der Waals surface area contributed by atoms with Gasteiger partial charge in [-0.1, -0.05) is 0 Å². The van der Waals surface area contributed by atoms with Gasteiger partial charge in [0.05, 0.1) is 0 Å². The standard InChI is InChI=1S/C13H18BrN3O/c1-9(15)12-4-2-3-7-17(12)13(18)11-6-5-10(14)8-16-11/h5-6,8-9,12H,2-4,7,15H2,1H3. The molecule has 5 heteroatoms. The maximum atomic E-state index is 12.4.